The van der Waals surface area contributed by atoms with Crippen LogP contribution in [0.3, 0.4) is 0 Å². The molecule has 0 aliphatic carbocycles. The summed E-state index contributed by atoms with van der Waals surface area (Å²) >= 11 is 3.33. The second-order valence-corrected chi connectivity index (χ2v) is 3.69. The van der Waals surface area contributed by atoms with E-state index in [9.17, 15) is 4.79 Å². The number of rotatable bonds is 1. The van der Waals surface area contributed by atoms with E-state index < -0.39 is 0 Å². The lowest BCUT2D eigenvalue weighted by Gasteiger charge is -2.13. The van der Waals surface area contributed by atoms with Gasteiger partial charge in [0.1, 0.15) is 13.3 Å². The van der Waals surface area contributed by atoms with E-state index in [1.54, 1.807) is 4.90 Å². The van der Waals surface area contributed by atoms with Crippen molar-refractivity contribution < 1.29 is 9.53 Å². The number of hydrogen-bond acceptors (Lipinski definition) is 2. The van der Waals surface area contributed by atoms with Crippen molar-refractivity contribution in [2.45, 2.75) is 0 Å². The Hall–Kier alpha value is -0.870. The zero-order valence-corrected chi connectivity index (χ0v) is 8.45. The molecule has 3 nitrogen and oxygen atoms in total. The van der Waals surface area contributed by atoms with Crippen LogP contribution < -0.4 is 4.90 Å². The average Bonchev–Trinajstić information content (AvgIpc) is 2.53. The lowest BCUT2D eigenvalue weighted by molar-refractivity contribution is -0.117. The van der Waals surface area contributed by atoms with Gasteiger partial charge in [0, 0.05) is 10.2 Å². The number of anilines is 1. The normalized spacial score (nSPS) is 16.7. The molecule has 0 unspecified atom stereocenters. The minimum atomic E-state index is 0.0160. The predicted molar refractivity (Wildman–Crippen MR) is 52.4 cm³/mol. The number of hydrogen-bond donors (Lipinski definition) is 0. The van der Waals surface area contributed by atoms with Crippen molar-refractivity contribution in [2.75, 3.05) is 18.2 Å². The van der Waals surface area contributed by atoms with Crippen molar-refractivity contribution >= 4 is 27.5 Å². The fraction of sp³-hybridized carbons (Fsp3) is 0.222. The topological polar surface area (TPSA) is 29.5 Å². The zero-order valence-electron chi connectivity index (χ0n) is 6.87. The molecule has 1 amide bonds. The van der Waals surface area contributed by atoms with Gasteiger partial charge in [0.15, 0.2) is 0 Å². The number of carbonyl (C=O) groups is 1. The van der Waals surface area contributed by atoms with Gasteiger partial charge in [-0.2, -0.15) is 0 Å². The summed E-state index contributed by atoms with van der Waals surface area (Å²) in [6.45, 7) is 0.552. The van der Waals surface area contributed by atoms with Crippen molar-refractivity contribution in [3.05, 3.63) is 28.7 Å². The maximum atomic E-state index is 11.2. The van der Waals surface area contributed by atoms with Crippen LogP contribution >= 0.6 is 15.9 Å². The molecule has 1 heterocycles. The van der Waals surface area contributed by atoms with Crippen LogP contribution in [0.2, 0.25) is 0 Å². The first kappa shape index (κ1) is 8.72. The van der Waals surface area contributed by atoms with E-state index in [-0.39, 0.29) is 12.5 Å². The minimum Gasteiger partial charge on any atom is -0.351 e. The Balaban J connectivity index is 2.25. The van der Waals surface area contributed by atoms with Crippen LogP contribution in [-0.4, -0.2) is 19.2 Å². The number of nitrogens with zero attached hydrogens (tertiary/aromatic N) is 1. The monoisotopic (exact) mass is 241 g/mol. The summed E-state index contributed by atoms with van der Waals surface area (Å²) in [6.07, 6.45) is 0. The lowest BCUT2D eigenvalue weighted by atomic mass is 10.3. The number of amides is 1. The maximum absolute atomic E-state index is 11.2. The molecule has 0 atom stereocenters. The average molecular weight is 242 g/mol. The summed E-state index contributed by atoms with van der Waals surface area (Å²) in [6, 6.07) is 7.58. The van der Waals surface area contributed by atoms with Crippen LogP contribution in [-0.2, 0) is 9.53 Å². The van der Waals surface area contributed by atoms with Gasteiger partial charge in [0.2, 0.25) is 0 Å². The van der Waals surface area contributed by atoms with Crippen LogP contribution in [0, 0.1) is 0 Å². The molecule has 4 heteroatoms. The number of ether oxygens (including phenoxy) is 1. The molecule has 2 rings (SSSR count). The van der Waals surface area contributed by atoms with Crippen molar-refractivity contribution in [1.29, 1.82) is 0 Å². The Morgan fingerprint density at radius 3 is 2.54 bits per heavy atom. The van der Waals surface area contributed by atoms with Gasteiger partial charge >= 0.3 is 0 Å². The van der Waals surface area contributed by atoms with Gasteiger partial charge < -0.3 is 4.74 Å². The third kappa shape index (κ3) is 1.73. The van der Waals surface area contributed by atoms with Crippen molar-refractivity contribution in [1.82, 2.24) is 0 Å². The van der Waals surface area contributed by atoms with Crippen LogP contribution in [0.5, 0.6) is 0 Å². The largest absolute Gasteiger partial charge is 0.351 e. The van der Waals surface area contributed by atoms with Gasteiger partial charge in [-0.3, -0.25) is 9.69 Å². The second-order valence-electron chi connectivity index (χ2n) is 2.78. The van der Waals surface area contributed by atoms with Crippen LogP contribution in [0.15, 0.2) is 28.7 Å². The number of halogens is 1. The molecule has 1 fully saturated rings. The van der Waals surface area contributed by atoms with E-state index in [0.29, 0.717) is 6.73 Å². The first-order valence-corrected chi connectivity index (χ1v) is 4.70. The van der Waals surface area contributed by atoms with E-state index in [1.807, 2.05) is 24.3 Å². The summed E-state index contributed by atoms with van der Waals surface area (Å²) in [5.41, 5.74) is 0.880. The molecule has 0 spiro atoms. The Morgan fingerprint density at radius 2 is 2.00 bits per heavy atom. The fourth-order valence-corrected chi connectivity index (χ4v) is 1.48. The molecule has 0 saturated carbocycles. The summed E-state index contributed by atoms with van der Waals surface area (Å²) in [5.74, 6) is 0.0160. The van der Waals surface area contributed by atoms with E-state index in [0.717, 1.165) is 10.2 Å². The van der Waals surface area contributed by atoms with Gasteiger partial charge in [-0.15, -0.1) is 0 Å². The minimum absolute atomic E-state index is 0.0160. The van der Waals surface area contributed by atoms with Crippen LogP contribution in [0.25, 0.3) is 0 Å². The zero-order chi connectivity index (χ0) is 9.26. The van der Waals surface area contributed by atoms with Crippen LogP contribution in [0.1, 0.15) is 0 Å². The van der Waals surface area contributed by atoms with E-state index in [1.165, 1.54) is 0 Å². The second kappa shape index (κ2) is 3.47. The molecule has 1 saturated heterocycles. The molecule has 1 aromatic carbocycles. The SMILES string of the molecule is O=C1COCN1c1ccc(Br)cc1. The smallest absolute Gasteiger partial charge is 0.254 e. The Bertz CT molecular complexity index is 323. The summed E-state index contributed by atoms with van der Waals surface area (Å²) in [5, 5.41) is 0. The van der Waals surface area contributed by atoms with Gasteiger partial charge in [-0.1, -0.05) is 15.9 Å². The molecule has 0 aromatic heterocycles. The van der Waals surface area contributed by atoms with Gasteiger partial charge in [-0.25, -0.2) is 0 Å². The number of carbonyl (C=O) groups excluding carboxylic acids is 1. The highest BCUT2D eigenvalue weighted by Crippen LogP contribution is 2.20. The summed E-state index contributed by atoms with van der Waals surface area (Å²) in [4.78, 5) is 12.9. The molecule has 1 aliphatic rings. The third-order valence-electron chi connectivity index (χ3n) is 1.89. The van der Waals surface area contributed by atoms with Crippen molar-refractivity contribution in [2.24, 2.45) is 0 Å². The summed E-state index contributed by atoms with van der Waals surface area (Å²) in [7, 11) is 0. The molecule has 0 bridgehead atoms. The predicted octanol–water partition coefficient (Wildman–Crippen LogP) is 1.77. The number of benzene rings is 1. The molecule has 68 valence electrons. The maximum Gasteiger partial charge on any atom is 0.254 e. The van der Waals surface area contributed by atoms with Gasteiger partial charge in [-0.05, 0) is 24.3 Å². The molecule has 13 heavy (non-hydrogen) atoms. The molecular weight excluding hydrogens is 234 g/mol. The summed E-state index contributed by atoms with van der Waals surface area (Å²) < 4.78 is 6.02. The molecule has 1 aromatic rings. The van der Waals surface area contributed by atoms with Crippen molar-refractivity contribution in [3.63, 3.8) is 0 Å². The highest BCUT2D eigenvalue weighted by molar-refractivity contribution is 9.10. The highest BCUT2D eigenvalue weighted by atomic mass is 79.9. The third-order valence-corrected chi connectivity index (χ3v) is 2.41. The van der Waals surface area contributed by atoms with Crippen molar-refractivity contribution in [3.8, 4) is 0 Å². The van der Waals surface area contributed by atoms with Gasteiger partial charge in [0.25, 0.3) is 5.91 Å². The molecule has 0 N–H and O–H groups in total. The van der Waals surface area contributed by atoms with E-state index in [2.05, 4.69) is 15.9 Å². The van der Waals surface area contributed by atoms with E-state index in [4.69, 9.17) is 4.74 Å². The fourth-order valence-electron chi connectivity index (χ4n) is 1.21. The van der Waals surface area contributed by atoms with Crippen LogP contribution in [0.4, 0.5) is 5.69 Å². The molecule has 1 aliphatic heterocycles. The highest BCUT2D eigenvalue weighted by Gasteiger charge is 2.21. The first-order valence-electron chi connectivity index (χ1n) is 3.91. The standard InChI is InChI=1S/C9H8BrNO2/c10-7-1-3-8(4-2-7)11-6-13-5-9(11)12/h1-4H,5-6H2. The Morgan fingerprint density at radius 1 is 1.31 bits per heavy atom. The Labute approximate surface area is 84.4 Å². The quantitative estimate of drug-likeness (QED) is 0.751. The molecular formula is C9H8BrNO2. The molecule has 0 radical (unpaired) electrons. The Kier molecular flexibility index (Phi) is 2.33. The lowest BCUT2D eigenvalue weighted by Crippen LogP contribution is -2.24. The van der Waals surface area contributed by atoms with Gasteiger partial charge in [0.05, 0.1) is 0 Å². The van der Waals surface area contributed by atoms with E-state index >= 15 is 0 Å². The first-order chi connectivity index (χ1) is 6.27.